The summed E-state index contributed by atoms with van der Waals surface area (Å²) in [6, 6.07) is 12.5. The van der Waals surface area contributed by atoms with Crippen LogP contribution in [0.3, 0.4) is 0 Å². The molecule has 2 N–H and O–H groups in total. The SMILES string of the molecule is CCC(=O)Nc1cc(NC(=O)c2ccc(OC(C)CC)cc2)ccc1C. The minimum Gasteiger partial charge on any atom is -0.491 e. The van der Waals surface area contributed by atoms with Gasteiger partial charge in [0.25, 0.3) is 5.91 Å². The number of hydrogen-bond acceptors (Lipinski definition) is 3. The molecule has 5 nitrogen and oxygen atoms in total. The van der Waals surface area contributed by atoms with Crippen molar-refractivity contribution in [3.8, 4) is 5.75 Å². The second-order valence-corrected chi connectivity index (χ2v) is 6.25. The summed E-state index contributed by atoms with van der Waals surface area (Å²) in [5, 5.41) is 5.70. The zero-order valence-electron chi connectivity index (χ0n) is 15.8. The van der Waals surface area contributed by atoms with E-state index in [1.165, 1.54) is 0 Å². The fourth-order valence-corrected chi connectivity index (χ4v) is 2.28. The van der Waals surface area contributed by atoms with Crippen LogP contribution in [0.1, 0.15) is 49.5 Å². The lowest BCUT2D eigenvalue weighted by Crippen LogP contribution is -2.14. The summed E-state index contributed by atoms with van der Waals surface area (Å²) in [5.41, 5.74) is 2.82. The number of aryl methyl sites for hydroxylation is 1. The molecule has 1 unspecified atom stereocenters. The molecular weight excluding hydrogens is 328 g/mol. The van der Waals surface area contributed by atoms with Crippen LogP contribution < -0.4 is 15.4 Å². The first-order valence-corrected chi connectivity index (χ1v) is 8.91. The van der Waals surface area contributed by atoms with Crippen LogP contribution in [0, 0.1) is 6.92 Å². The van der Waals surface area contributed by atoms with Crippen molar-refractivity contribution in [1.29, 1.82) is 0 Å². The Morgan fingerprint density at radius 2 is 1.73 bits per heavy atom. The number of benzene rings is 2. The van der Waals surface area contributed by atoms with E-state index in [1.807, 2.05) is 26.0 Å². The Balaban J connectivity index is 2.07. The molecular formula is C21H26N2O3. The van der Waals surface area contributed by atoms with E-state index < -0.39 is 0 Å². The van der Waals surface area contributed by atoms with Crippen molar-refractivity contribution in [2.24, 2.45) is 0 Å². The number of ether oxygens (including phenoxy) is 1. The smallest absolute Gasteiger partial charge is 0.255 e. The van der Waals surface area contributed by atoms with Gasteiger partial charge in [0.1, 0.15) is 5.75 Å². The predicted octanol–water partition coefficient (Wildman–Crippen LogP) is 4.77. The van der Waals surface area contributed by atoms with Crippen LogP contribution >= 0.6 is 0 Å². The molecule has 0 aliphatic rings. The summed E-state index contributed by atoms with van der Waals surface area (Å²) >= 11 is 0. The minimum absolute atomic E-state index is 0.0616. The average molecular weight is 354 g/mol. The van der Waals surface area contributed by atoms with Gasteiger partial charge in [-0.05, 0) is 62.2 Å². The van der Waals surface area contributed by atoms with Crippen molar-refractivity contribution in [1.82, 2.24) is 0 Å². The Morgan fingerprint density at radius 3 is 2.35 bits per heavy atom. The van der Waals surface area contributed by atoms with Crippen LogP contribution in [0.5, 0.6) is 5.75 Å². The molecule has 0 fully saturated rings. The van der Waals surface area contributed by atoms with Crippen molar-refractivity contribution < 1.29 is 14.3 Å². The number of hydrogen-bond donors (Lipinski definition) is 2. The molecule has 0 aromatic heterocycles. The Labute approximate surface area is 154 Å². The summed E-state index contributed by atoms with van der Waals surface area (Å²) in [6.07, 6.45) is 1.46. The summed E-state index contributed by atoms with van der Waals surface area (Å²) < 4.78 is 5.72. The highest BCUT2D eigenvalue weighted by Crippen LogP contribution is 2.22. The molecule has 2 aromatic rings. The zero-order valence-corrected chi connectivity index (χ0v) is 15.8. The molecule has 0 heterocycles. The summed E-state index contributed by atoms with van der Waals surface area (Å²) in [5.74, 6) is 0.473. The van der Waals surface area contributed by atoms with Gasteiger partial charge in [-0.1, -0.05) is 19.9 Å². The van der Waals surface area contributed by atoms with Crippen LogP contribution in [-0.4, -0.2) is 17.9 Å². The van der Waals surface area contributed by atoms with E-state index in [-0.39, 0.29) is 17.9 Å². The van der Waals surface area contributed by atoms with E-state index in [1.54, 1.807) is 37.3 Å². The second kappa shape index (κ2) is 9.04. The first-order chi connectivity index (χ1) is 12.4. The van der Waals surface area contributed by atoms with E-state index in [0.717, 1.165) is 17.7 Å². The topological polar surface area (TPSA) is 67.4 Å². The van der Waals surface area contributed by atoms with Gasteiger partial charge in [-0.3, -0.25) is 9.59 Å². The fourth-order valence-electron chi connectivity index (χ4n) is 2.28. The molecule has 138 valence electrons. The van der Waals surface area contributed by atoms with Gasteiger partial charge in [-0.2, -0.15) is 0 Å². The van der Waals surface area contributed by atoms with Crippen molar-refractivity contribution >= 4 is 23.2 Å². The van der Waals surface area contributed by atoms with Crippen LogP contribution in [0.15, 0.2) is 42.5 Å². The lowest BCUT2D eigenvalue weighted by molar-refractivity contribution is -0.115. The van der Waals surface area contributed by atoms with Crippen LogP contribution in [-0.2, 0) is 4.79 Å². The van der Waals surface area contributed by atoms with Gasteiger partial charge in [-0.25, -0.2) is 0 Å². The summed E-state index contributed by atoms with van der Waals surface area (Å²) in [4.78, 5) is 24.0. The summed E-state index contributed by atoms with van der Waals surface area (Å²) in [6.45, 7) is 7.77. The Hall–Kier alpha value is -2.82. The third-order valence-electron chi connectivity index (χ3n) is 4.12. The molecule has 5 heteroatoms. The van der Waals surface area contributed by atoms with Crippen LogP contribution in [0.25, 0.3) is 0 Å². The molecule has 0 aliphatic carbocycles. The zero-order chi connectivity index (χ0) is 19.1. The van der Waals surface area contributed by atoms with Gasteiger partial charge < -0.3 is 15.4 Å². The second-order valence-electron chi connectivity index (χ2n) is 6.25. The monoisotopic (exact) mass is 354 g/mol. The predicted molar refractivity (Wildman–Crippen MR) is 105 cm³/mol. The van der Waals surface area contributed by atoms with Crippen molar-refractivity contribution in [3.05, 3.63) is 53.6 Å². The molecule has 0 saturated heterocycles. The van der Waals surface area contributed by atoms with Crippen molar-refractivity contribution in [2.45, 2.75) is 46.6 Å². The third-order valence-corrected chi connectivity index (χ3v) is 4.12. The van der Waals surface area contributed by atoms with Crippen molar-refractivity contribution in [3.63, 3.8) is 0 Å². The van der Waals surface area contributed by atoms with E-state index >= 15 is 0 Å². The number of carbonyl (C=O) groups is 2. The maximum atomic E-state index is 12.4. The van der Waals surface area contributed by atoms with Gasteiger partial charge in [0.05, 0.1) is 6.10 Å². The molecule has 0 aliphatic heterocycles. The van der Waals surface area contributed by atoms with E-state index in [4.69, 9.17) is 4.74 Å². The minimum atomic E-state index is -0.211. The fraction of sp³-hybridized carbons (Fsp3) is 0.333. The molecule has 26 heavy (non-hydrogen) atoms. The van der Waals surface area contributed by atoms with Gasteiger partial charge in [0, 0.05) is 23.4 Å². The molecule has 0 spiro atoms. The maximum absolute atomic E-state index is 12.4. The highest BCUT2D eigenvalue weighted by molar-refractivity contribution is 6.04. The van der Waals surface area contributed by atoms with E-state index in [9.17, 15) is 9.59 Å². The number of nitrogens with one attached hydrogen (secondary N) is 2. The van der Waals surface area contributed by atoms with Gasteiger partial charge >= 0.3 is 0 Å². The van der Waals surface area contributed by atoms with Crippen LogP contribution in [0.4, 0.5) is 11.4 Å². The lowest BCUT2D eigenvalue weighted by Gasteiger charge is -2.13. The molecule has 2 amide bonds. The summed E-state index contributed by atoms with van der Waals surface area (Å²) in [7, 11) is 0. The normalized spacial score (nSPS) is 11.5. The third kappa shape index (κ3) is 5.34. The molecule has 0 bridgehead atoms. The quantitative estimate of drug-likeness (QED) is 0.752. The van der Waals surface area contributed by atoms with E-state index in [0.29, 0.717) is 23.4 Å². The highest BCUT2D eigenvalue weighted by Gasteiger charge is 2.09. The van der Waals surface area contributed by atoms with Gasteiger partial charge in [0.15, 0.2) is 0 Å². The van der Waals surface area contributed by atoms with Crippen LogP contribution in [0.2, 0.25) is 0 Å². The Morgan fingerprint density at radius 1 is 1.04 bits per heavy atom. The van der Waals surface area contributed by atoms with Gasteiger partial charge in [0.2, 0.25) is 5.91 Å². The largest absolute Gasteiger partial charge is 0.491 e. The number of rotatable bonds is 7. The highest BCUT2D eigenvalue weighted by atomic mass is 16.5. The van der Waals surface area contributed by atoms with Crippen molar-refractivity contribution in [2.75, 3.05) is 10.6 Å². The lowest BCUT2D eigenvalue weighted by atomic mass is 10.1. The standard InChI is InChI=1S/C21H26N2O3/c1-5-15(4)26-18-11-8-16(9-12-18)21(25)22-17-10-7-14(3)19(13-17)23-20(24)6-2/h7-13,15H,5-6H2,1-4H3,(H,22,25)(H,23,24). The Bertz CT molecular complexity index is 769. The number of carbonyl (C=O) groups excluding carboxylic acids is 2. The van der Waals surface area contributed by atoms with E-state index in [2.05, 4.69) is 17.6 Å². The molecule has 0 saturated carbocycles. The molecule has 2 aromatic carbocycles. The number of anilines is 2. The Kier molecular flexibility index (Phi) is 6.78. The first kappa shape index (κ1) is 19.5. The maximum Gasteiger partial charge on any atom is 0.255 e. The first-order valence-electron chi connectivity index (χ1n) is 8.91. The average Bonchev–Trinajstić information content (AvgIpc) is 2.64. The molecule has 1 atom stereocenters. The number of amides is 2. The molecule has 0 radical (unpaired) electrons. The molecule has 2 rings (SSSR count). The van der Waals surface area contributed by atoms with Gasteiger partial charge in [-0.15, -0.1) is 0 Å².